The molecule has 3 aromatic carbocycles. The average Bonchev–Trinajstić information content (AvgIpc) is 2.70. The van der Waals surface area contributed by atoms with Gasteiger partial charge in [0.05, 0.1) is 5.69 Å². The van der Waals surface area contributed by atoms with E-state index in [2.05, 4.69) is 70.2 Å². The van der Waals surface area contributed by atoms with Crippen molar-refractivity contribution in [1.82, 2.24) is 4.98 Å². The van der Waals surface area contributed by atoms with E-state index in [-0.39, 0.29) is 0 Å². The van der Waals surface area contributed by atoms with Crippen molar-refractivity contribution in [3.63, 3.8) is 0 Å². The van der Waals surface area contributed by atoms with Gasteiger partial charge < -0.3 is 0 Å². The van der Waals surface area contributed by atoms with Crippen molar-refractivity contribution in [2.24, 2.45) is 0 Å². The average molecular weight is 380 g/mol. The maximum absolute atomic E-state index is 4.90. The second-order valence-electron chi connectivity index (χ2n) is 9.13. The van der Waals surface area contributed by atoms with Crippen LogP contribution in [-0.2, 0) is 12.8 Å². The lowest BCUT2D eigenvalue weighted by molar-refractivity contribution is 0.687. The number of rotatable bonds is 2. The van der Waals surface area contributed by atoms with Gasteiger partial charge in [0.1, 0.15) is 0 Å². The molecule has 146 valence electrons. The minimum absolute atomic E-state index is 0.501. The summed E-state index contributed by atoms with van der Waals surface area (Å²) in [6.45, 7) is 8.97. The third-order valence-corrected chi connectivity index (χ3v) is 6.47. The fraction of sp³-hybridized carbons (Fsp3) is 0.321. The molecule has 0 atom stereocenters. The first-order valence-corrected chi connectivity index (χ1v) is 11.0. The van der Waals surface area contributed by atoms with Gasteiger partial charge in [0.25, 0.3) is 0 Å². The van der Waals surface area contributed by atoms with E-state index in [1.165, 1.54) is 69.5 Å². The monoisotopic (exact) mass is 379 g/mol. The molecule has 1 heterocycles. The molecule has 0 saturated carbocycles. The van der Waals surface area contributed by atoms with Crippen LogP contribution in [0.25, 0.3) is 32.8 Å². The molecule has 0 bridgehead atoms. The van der Waals surface area contributed by atoms with Crippen LogP contribution in [-0.4, -0.2) is 4.98 Å². The fourth-order valence-corrected chi connectivity index (χ4v) is 5.16. The lowest BCUT2D eigenvalue weighted by atomic mass is 9.84. The molecular weight excluding hydrogens is 350 g/mol. The quantitative estimate of drug-likeness (QED) is 0.326. The van der Waals surface area contributed by atoms with Crippen molar-refractivity contribution < 1.29 is 0 Å². The Kier molecular flexibility index (Phi) is 4.42. The topological polar surface area (TPSA) is 12.9 Å². The van der Waals surface area contributed by atoms with Gasteiger partial charge in [-0.3, -0.25) is 4.98 Å². The van der Waals surface area contributed by atoms with Crippen LogP contribution in [0.4, 0.5) is 0 Å². The summed E-state index contributed by atoms with van der Waals surface area (Å²) in [6, 6.07) is 16.4. The molecule has 0 spiro atoms. The van der Waals surface area contributed by atoms with E-state index in [1.54, 1.807) is 11.1 Å². The van der Waals surface area contributed by atoms with Crippen LogP contribution < -0.4 is 0 Å². The first-order chi connectivity index (χ1) is 14.0. The Labute approximate surface area is 173 Å². The number of hydrogen-bond acceptors (Lipinski definition) is 1. The van der Waals surface area contributed by atoms with Crippen LogP contribution in [0.3, 0.4) is 0 Å². The molecule has 0 amide bonds. The summed E-state index contributed by atoms with van der Waals surface area (Å²) in [5.41, 5.74) is 9.48. The minimum atomic E-state index is 0.501. The summed E-state index contributed by atoms with van der Waals surface area (Å²) in [5, 5.41) is 5.42. The third-order valence-electron chi connectivity index (χ3n) is 6.47. The highest BCUT2D eigenvalue weighted by atomic mass is 14.7. The van der Waals surface area contributed by atoms with E-state index in [0.29, 0.717) is 5.92 Å². The predicted octanol–water partition coefficient (Wildman–Crippen LogP) is 7.67. The number of benzene rings is 3. The SMILES string of the molecule is Cc1cc(C)cc(-c2nccc3cc(C(C)C)c4cc5c(cc4c23)CCCC5)c1. The number of aromatic nitrogens is 1. The highest BCUT2D eigenvalue weighted by molar-refractivity contribution is 6.15. The summed E-state index contributed by atoms with van der Waals surface area (Å²) >= 11 is 0. The molecule has 5 rings (SSSR count). The molecule has 1 aliphatic rings. The zero-order valence-corrected chi connectivity index (χ0v) is 18.0. The van der Waals surface area contributed by atoms with Gasteiger partial charge >= 0.3 is 0 Å². The highest BCUT2D eigenvalue weighted by Gasteiger charge is 2.18. The van der Waals surface area contributed by atoms with Crippen LogP contribution in [0.15, 0.2) is 48.7 Å². The van der Waals surface area contributed by atoms with E-state index in [1.807, 2.05) is 6.20 Å². The van der Waals surface area contributed by atoms with Gasteiger partial charge in [0.2, 0.25) is 0 Å². The smallest absolute Gasteiger partial charge is 0.0786 e. The molecule has 0 fully saturated rings. The second kappa shape index (κ2) is 6.99. The van der Waals surface area contributed by atoms with Crippen molar-refractivity contribution >= 4 is 21.5 Å². The number of hydrogen-bond donors (Lipinski definition) is 0. The van der Waals surface area contributed by atoms with E-state index in [0.717, 1.165) is 5.69 Å². The van der Waals surface area contributed by atoms with Gasteiger partial charge in [0, 0.05) is 17.1 Å². The van der Waals surface area contributed by atoms with Crippen LogP contribution >= 0.6 is 0 Å². The molecule has 0 unspecified atom stereocenters. The second-order valence-corrected chi connectivity index (χ2v) is 9.13. The number of nitrogens with zero attached hydrogens (tertiary/aromatic N) is 1. The zero-order valence-electron chi connectivity index (χ0n) is 18.0. The van der Waals surface area contributed by atoms with E-state index in [9.17, 15) is 0 Å². The Balaban J connectivity index is 1.92. The Hall–Kier alpha value is -2.67. The Morgan fingerprint density at radius 3 is 2.10 bits per heavy atom. The predicted molar refractivity (Wildman–Crippen MR) is 125 cm³/mol. The van der Waals surface area contributed by atoms with Crippen molar-refractivity contribution in [1.29, 1.82) is 0 Å². The van der Waals surface area contributed by atoms with Gasteiger partial charge in [-0.15, -0.1) is 0 Å². The molecule has 0 aliphatic heterocycles. The summed E-state index contributed by atoms with van der Waals surface area (Å²) in [7, 11) is 0. The number of pyridine rings is 1. The van der Waals surface area contributed by atoms with Crippen molar-refractivity contribution in [2.75, 3.05) is 0 Å². The van der Waals surface area contributed by atoms with E-state index in [4.69, 9.17) is 4.98 Å². The number of fused-ring (bicyclic) bond motifs is 4. The molecular formula is C28H29N. The van der Waals surface area contributed by atoms with E-state index < -0.39 is 0 Å². The standard InChI is InChI=1S/C28H29N/c1-17(2)24-16-22-9-10-29-28(23-12-18(3)11-19(4)13-23)27(22)26-15-21-8-6-5-7-20(21)14-25(24)26/h9-17H,5-8H2,1-4H3. The third kappa shape index (κ3) is 3.13. The van der Waals surface area contributed by atoms with Crippen molar-refractivity contribution in [3.05, 3.63) is 76.5 Å². The molecule has 1 nitrogen and oxygen atoms in total. The Morgan fingerprint density at radius 2 is 1.45 bits per heavy atom. The summed E-state index contributed by atoms with van der Waals surface area (Å²) in [4.78, 5) is 4.90. The zero-order chi connectivity index (χ0) is 20.1. The highest BCUT2D eigenvalue weighted by Crippen LogP contribution is 2.39. The molecule has 0 saturated heterocycles. The van der Waals surface area contributed by atoms with Crippen LogP contribution in [0.2, 0.25) is 0 Å². The van der Waals surface area contributed by atoms with Gasteiger partial charge in [-0.25, -0.2) is 0 Å². The number of aryl methyl sites for hydroxylation is 4. The van der Waals surface area contributed by atoms with Crippen LogP contribution in [0.5, 0.6) is 0 Å². The Morgan fingerprint density at radius 1 is 0.793 bits per heavy atom. The van der Waals surface area contributed by atoms with E-state index >= 15 is 0 Å². The molecule has 0 radical (unpaired) electrons. The molecule has 4 aromatic rings. The van der Waals surface area contributed by atoms with Crippen molar-refractivity contribution in [3.8, 4) is 11.3 Å². The summed E-state index contributed by atoms with van der Waals surface area (Å²) in [5.74, 6) is 0.501. The molecule has 1 aromatic heterocycles. The first kappa shape index (κ1) is 18.4. The van der Waals surface area contributed by atoms with Crippen LogP contribution in [0.1, 0.15) is 60.4 Å². The molecule has 1 heteroatoms. The van der Waals surface area contributed by atoms with Gasteiger partial charge in [-0.1, -0.05) is 49.2 Å². The molecule has 1 aliphatic carbocycles. The first-order valence-electron chi connectivity index (χ1n) is 11.0. The van der Waals surface area contributed by atoms with Crippen molar-refractivity contribution in [2.45, 2.75) is 59.3 Å². The molecule has 29 heavy (non-hydrogen) atoms. The van der Waals surface area contributed by atoms with Gasteiger partial charge in [-0.05, 0) is 96.5 Å². The summed E-state index contributed by atoms with van der Waals surface area (Å²) < 4.78 is 0. The minimum Gasteiger partial charge on any atom is -0.256 e. The lowest BCUT2D eigenvalue weighted by Gasteiger charge is -2.21. The summed E-state index contributed by atoms with van der Waals surface area (Å²) in [6.07, 6.45) is 7.03. The Bertz CT molecular complexity index is 1230. The maximum atomic E-state index is 4.90. The maximum Gasteiger partial charge on any atom is 0.0786 e. The van der Waals surface area contributed by atoms with Gasteiger partial charge in [-0.2, -0.15) is 0 Å². The van der Waals surface area contributed by atoms with Crippen LogP contribution in [0, 0.1) is 13.8 Å². The normalized spacial score (nSPS) is 14.0. The largest absolute Gasteiger partial charge is 0.256 e. The van der Waals surface area contributed by atoms with Gasteiger partial charge in [0.15, 0.2) is 0 Å². The molecule has 0 N–H and O–H groups in total. The fourth-order valence-electron chi connectivity index (χ4n) is 5.16. The lowest BCUT2D eigenvalue weighted by Crippen LogP contribution is -2.04.